The first-order valence-corrected chi connectivity index (χ1v) is 10.9. The summed E-state index contributed by atoms with van der Waals surface area (Å²) in [6, 6.07) is 4.72. The summed E-state index contributed by atoms with van der Waals surface area (Å²) in [6.07, 6.45) is 7.65. The van der Waals surface area contributed by atoms with Gasteiger partial charge < -0.3 is 14.8 Å². The van der Waals surface area contributed by atoms with Crippen molar-refractivity contribution in [3.8, 4) is 0 Å². The first kappa shape index (κ1) is 17.0. The number of rotatable bonds is 5. The van der Waals surface area contributed by atoms with Gasteiger partial charge in [0, 0.05) is 36.0 Å². The molecule has 0 spiro atoms. The van der Waals surface area contributed by atoms with Crippen LogP contribution in [0.15, 0.2) is 28.9 Å². The van der Waals surface area contributed by atoms with Gasteiger partial charge in [-0.1, -0.05) is 17.8 Å². The minimum atomic E-state index is 0.0664. The van der Waals surface area contributed by atoms with Crippen LogP contribution in [0.5, 0.6) is 0 Å². The number of amides is 2. The molecule has 7 heteroatoms. The van der Waals surface area contributed by atoms with E-state index in [1.807, 2.05) is 11.3 Å². The van der Waals surface area contributed by atoms with Crippen LogP contribution in [0.4, 0.5) is 4.79 Å². The highest BCUT2D eigenvalue weighted by molar-refractivity contribution is 7.99. The highest BCUT2D eigenvalue weighted by atomic mass is 32.2. The van der Waals surface area contributed by atoms with Gasteiger partial charge in [-0.2, -0.15) is 0 Å². The van der Waals surface area contributed by atoms with Crippen molar-refractivity contribution >= 4 is 29.1 Å². The average molecular weight is 377 g/mol. The van der Waals surface area contributed by atoms with E-state index < -0.39 is 0 Å². The van der Waals surface area contributed by atoms with Crippen molar-refractivity contribution in [3.05, 3.63) is 34.3 Å². The third-order valence-electron chi connectivity index (χ3n) is 4.97. The van der Waals surface area contributed by atoms with E-state index in [2.05, 4.69) is 43.5 Å². The molecule has 2 aromatic heterocycles. The Morgan fingerprint density at radius 1 is 1.36 bits per heavy atom. The molecule has 25 heavy (non-hydrogen) atoms. The van der Waals surface area contributed by atoms with Gasteiger partial charge in [0.2, 0.25) is 0 Å². The van der Waals surface area contributed by atoms with Crippen molar-refractivity contribution in [1.29, 1.82) is 0 Å². The van der Waals surface area contributed by atoms with Crippen LogP contribution in [-0.2, 0) is 19.5 Å². The predicted octanol–water partition coefficient (Wildman–Crippen LogP) is 3.75. The van der Waals surface area contributed by atoms with Crippen LogP contribution in [0.25, 0.3) is 0 Å². The number of likely N-dealkylation sites (tertiary alicyclic amines) is 1. The molecule has 0 aromatic carbocycles. The van der Waals surface area contributed by atoms with Gasteiger partial charge >= 0.3 is 6.03 Å². The van der Waals surface area contributed by atoms with Gasteiger partial charge in [0.1, 0.15) is 0 Å². The molecule has 2 amide bonds. The van der Waals surface area contributed by atoms with Crippen molar-refractivity contribution in [3.63, 3.8) is 0 Å². The lowest BCUT2D eigenvalue weighted by Crippen LogP contribution is -2.48. The highest BCUT2D eigenvalue weighted by Gasteiger charge is 2.26. The number of carbonyl (C=O) groups excluding carboxylic acids is 1. The molecule has 4 rings (SSSR count). The first-order valence-electron chi connectivity index (χ1n) is 9.05. The van der Waals surface area contributed by atoms with E-state index in [1.54, 1.807) is 11.8 Å². The molecule has 5 nitrogen and oxygen atoms in total. The second kappa shape index (κ2) is 7.83. The van der Waals surface area contributed by atoms with Crippen molar-refractivity contribution in [2.24, 2.45) is 0 Å². The number of nitrogens with zero attached hydrogens (tertiary/aromatic N) is 3. The quantitative estimate of drug-likeness (QED) is 0.865. The third-order valence-corrected chi connectivity index (χ3v) is 6.87. The molecule has 2 aliphatic rings. The number of hydrogen-bond acceptors (Lipinski definition) is 4. The Morgan fingerprint density at radius 3 is 3.16 bits per heavy atom. The summed E-state index contributed by atoms with van der Waals surface area (Å²) < 4.78 is 2.18. The highest BCUT2D eigenvalue weighted by Crippen LogP contribution is 2.25. The first-order chi connectivity index (χ1) is 12.3. The third kappa shape index (κ3) is 4.03. The maximum atomic E-state index is 12.7. The Balaban J connectivity index is 1.31. The Labute approximate surface area is 156 Å². The van der Waals surface area contributed by atoms with Crippen LogP contribution in [0, 0.1) is 0 Å². The van der Waals surface area contributed by atoms with E-state index in [0.717, 1.165) is 55.4 Å². The summed E-state index contributed by atoms with van der Waals surface area (Å²) in [5.74, 6) is 1.11. The minimum Gasteiger partial charge on any atom is -0.332 e. The Kier molecular flexibility index (Phi) is 5.31. The smallest absolute Gasteiger partial charge is 0.317 e. The predicted molar refractivity (Wildman–Crippen MR) is 102 cm³/mol. The SMILES string of the molecule is O=C(NCc1cn2c(n1)SCC2)N1CCCC[C@@H]1CCc1cccs1. The number of thioether (sulfide) groups is 1. The van der Waals surface area contributed by atoms with E-state index in [9.17, 15) is 4.79 Å². The molecule has 1 saturated heterocycles. The second-order valence-corrected chi connectivity index (χ2v) is 8.77. The number of carbonyl (C=O) groups is 1. The number of aryl methyl sites for hydroxylation is 2. The zero-order chi connectivity index (χ0) is 17.1. The van der Waals surface area contributed by atoms with E-state index >= 15 is 0 Å². The summed E-state index contributed by atoms with van der Waals surface area (Å²) in [7, 11) is 0. The number of thiophene rings is 1. The Morgan fingerprint density at radius 2 is 2.32 bits per heavy atom. The minimum absolute atomic E-state index is 0.0664. The van der Waals surface area contributed by atoms with Crippen molar-refractivity contribution in [1.82, 2.24) is 19.8 Å². The van der Waals surface area contributed by atoms with Gasteiger partial charge in [-0.3, -0.25) is 0 Å². The van der Waals surface area contributed by atoms with Gasteiger partial charge in [0.15, 0.2) is 5.16 Å². The molecule has 0 bridgehead atoms. The molecule has 0 radical (unpaired) electrons. The molecule has 0 saturated carbocycles. The summed E-state index contributed by atoms with van der Waals surface area (Å²) in [4.78, 5) is 20.8. The van der Waals surface area contributed by atoms with Crippen molar-refractivity contribution in [2.75, 3.05) is 12.3 Å². The number of fused-ring (bicyclic) bond motifs is 1. The van der Waals surface area contributed by atoms with Gasteiger partial charge in [0.25, 0.3) is 0 Å². The lowest BCUT2D eigenvalue weighted by Gasteiger charge is -2.35. The lowest BCUT2D eigenvalue weighted by molar-refractivity contribution is 0.146. The van der Waals surface area contributed by atoms with Gasteiger partial charge in [0.05, 0.1) is 12.2 Å². The molecule has 2 aliphatic heterocycles. The summed E-state index contributed by atoms with van der Waals surface area (Å²) >= 11 is 3.59. The molecule has 1 N–H and O–H groups in total. The van der Waals surface area contributed by atoms with E-state index in [1.165, 1.54) is 11.3 Å². The lowest BCUT2D eigenvalue weighted by atomic mass is 9.98. The van der Waals surface area contributed by atoms with E-state index in [4.69, 9.17) is 0 Å². The van der Waals surface area contributed by atoms with Crippen LogP contribution in [0.2, 0.25) is 0 Å². The molecule has 4 heterocycles. The molecule has 2 aromatic rings. The van der Waals surface area contributed by atoms with E-state index in [0.29, 0.717) is 12.6 Å². The molecule has 1 fully saturated rings. The zero-order valence-corrected chi connectivity index (χ0v) is 16.0. The van der Waals surface area contributed by atoms with Crippen LogP contribution in [-0.4, -0.2) is 38.8 Å². The monoisotopic (exact) mass is 376 g/mol. The fraction of sp³-hybridized carbons (Fsp3) is 0.556. The molecule has 1 atom stereocenters. The zero-order valence-electron chi connectivity index (χ0n) is 14.3. The molecule has 134 valence electrons. The number of urea groups is 1. The maximum Gasteiger partial charge on any atom is 0.317 e. The Hall–Kier alpha value is -1.47. The fourth-order valence-electron chi connectivity index (χ4n) is 3.65. The number of imidazole rings is 1. The topological polar surface area (TPSA) is 50.2 Å². The number of piperidine rings is 1. The Bertz CT molecular complexity index is 691. The standard InChI is InChI=1S/C18H24N4OS2/c23-17(19-12-14-13-21-9-11-25-18(21)20-14)22-8-2-1-4-15(22)6-7-16-5-3-10-24-16/h3,5,10,13,15H,1-2,4,6-9,11-12H2,(H,19,23)/t15-/m1/s1. The molecular weight excluding hydrogens is 352 g/mol. The van der Waals surface area contributed by atoms with Gasteiger partial charge in [-0.15, -0.1) is 11.3 Å². The summed E-state index contributed by atoms with van der Waals surface area (Å²) in [5, 5.41) is 6.29. The fourth-order valence-corrected chi connectivity index (χ4v) is 5.33. The van der Waals surface area contributed by atoms with Gasteiger partial charge in [-0.25, -0.2) is 9.78 Å². The van der Waals surface area contributed by atoms with Crippen LogP contribution in [0.3, 0.4) is 0 Å². The largest absolute Gasteiger partial charge is 0.332 e. The number of nitrogens with one attached hydrogen (secondary N) is 1. The van der Waals surface area contributed by atoms with Crippen LogP contribution in [0.1, 0.15) is 36.3 Å². The van der Waals surface area contributed by atoms with Crippen LogP contribution < -0.4 is 5.32 Å². The molecule has 0 aliphatic carbocycles. The normalized spacial score (nSPS) is 19.8. The second-order valence-electron chi connectivity index (χ2n) is 6.68. The van der Waals surface area contributed by atoms with Crippen molar-refractivity contribution < 1.29 is 4.79 Å². The maximum absolute atomic E-state index is 12.7. The summed E-state index contributed by atoms with van der Waals surface area (Å²) in [6.45, 7) is 2.42. The average Bonchev–Trinajstić information content (AvgIpc) is 3.35. The van der Waals surface area contributed by atoms with Crippen molar-refractivity contribution in [2.45, 2.75) is 56.4 Å². The number of hydrogen-bond donors (Lipinski definition) is 1. The van der Waals surface area contributed by atoms with E-state index in [-0.39, 0.29) is 6.03 Å². The molecular formula is C18H24N4OS2. The molecule has 0 unspecified atom stereocenters. The van der Waals surface area contributed by atoms with Gasteiger partial charge in [-0.05, 0) is 43.6 Å². The summed E-state index contributed by atoms with van der Waals surface area (Å²) in [5.41, 5.74) is 0.961. The van der Waals surface area contributed by atoms with Crippen LogP contribution >= 0.6 is 23.1 Å². The number of aromatic nitrogens is 2.